The Bertz CT molecular complexity index is 302. The van der Waals surface area contributed by atoms with Crippen LogP contribution >= 0.6 is 0 Å². The van der Waals surface area contributed by atoms with Gasteiger partial charge in [-0.15, -0.1) is 0 Å². The van der Waals surface area contributed by atoms with E-state index in [1.807, 2.05) is 0 Å². The monoisotopic (exact) mass is 175 g/mol. The first-order valence-corrected chi connectivity index (χ1v) is 4.77. The van der Waals surface area contributed by atoms with Gasteiger partial charge in [0.1, 0.15) is 0 Å². The Morgan fingerprint density at radius 3 is 2.73 bits per heavy atom. The molecule has 0 spiro atoms. The summed E-state index contributed by atoms with van der Waals surface area (Å²) in [6.45, 7) is 0.311. The molecule has 0 saturated heterocycles. The molecule has 1 aromatic rings. The minimum Gasteiger partial charge on any atom is -0.272 e. The van der Waals surface area contributed by atoms with Crippen molar-refractivity contribution in [3.8, 4) is 0 Å². The van der Waals surface area contributed by atoms with Crippen molar-refractivity contribution in [1.82, 2.24) is 9.78 Å². The first kappa shape index (κ1) is 8.22. The highest BCUT2D eigenvalue weighted by Gasteiger charge is 2.01. The summed E-state index contributed by atoms with van der Waals surface area (Å²) in [6.07, 6.45) is 3.27. The van der Waals surface area contributed by atoms with Crippen molar-refractivity contribution in [3.05, 3.63) is 18.5 Å². The van der Waals surface area contributed by atoms with Crippen LogP contribution in [0, 0.1) is 0 Å². The quantitative estimate of drug-likeness (QED) is 0.651. The first-order chi connectivity index (χ1) is 5.08. The number of nitrogens with two attached hydrogens (primary N) is 1. The van der Waals surface area contributed by atoms with Crippen molar-refractivity contribution in [1.29, 1.82) is 0 Å². The number of hydrogen-bond acceptors (Lipinski definition) is 3. The molecule has 6 heteroatoms. The van der Waals surface area contributed by atoms with E-state index in [0.717, 1.165) is 0 Å². The maximum Gasteiger partial charge on any atom is 0.210 e. The first-order valence-electron chi connectivity index (χ1n) is 3.06. The Morgan fingerprint density at radius 1 is 1.55 bits per heavy atom. The van der Waals surface area contributed by atoms with E-state index in [0.29, 0.717) is 6.54 Å². The van der Waals surface area contributed by atoms with Crippen LogP contribution < -0.4 is 5.14 Å². The molecular formula is C5H9N3O2S. The summed E-state index contributed by atoms with van der Waals surface area (Å²) in [5.41, 5.74) is 0. The summed E-state index contributed by atoms with van der Waals surface area (Å²) in [5, 5.41) is 8.60. The number of sulfonamides is 1. The second-order valence-electron chi connectivity index (χ2n) is 2.14. The van der Waals surface area contributed by atoms with Crippen LogP contribution in [0.1, 0.15) is 0 Å². The smallest absolute Gasteiger partial charge is 0.210 e. The number of primary sulfonamides is 1. The highest BCUT2D eigenvalue weighted by molar-refractivity contribution is 7.89. The predicted octanol–water partition coefficient (Wildman–Crippen LogP) is -0.828. The molecule has 62 valence electrons. The van der Waals surface area contributed by atoms with Gasteiger partial charge in [0, 0.05) is 12.4 Å². The van der Waals surface area contributed by atoms with Gasteiger partial charge in [0.05, 0.1) is 12.3 Å². The van der Waals surface area contributed by atoms with Crippen molar-refractivity contribution >= 4 is 10.0 Å². The molecule has 5 nitrogen and oxygen atoms in total. The van der Waals surface area contributed by atoms with Crippen LogP contribution in [-0.4, -0.2) is 24.0 Å². The number of aryl methyl sites for hydroxylation is 1. The van der Waals surface area contributed by atoms with Crippen LogP contribution in [0.2, 0.25) is 0 Å². The lowest BCUT2D eigenvalue weighted by atomic mass is 10.7. The fourth-order valence-corrected chi connectivity index (χ4v) is 1.10. The van der Waals surface area contributed by atoms with Gasteiger partial charge in [-0.25, -0.2) is 13.6 Å². The highest BCUT2D eigenvalue weighted by Crippen LogP contribution is 1.86. The summed E-state index contributed by atoms with van der Waals surface area (Å²) in [6, 6.07) is 1.73. The molecule has 1 heterocycles. The zero-order valence-corrected chi connectivity index (χ0v) is 6.66. The normalized spacial score (nSPS) is 11.7. The minimum atomic E-state index is -3.36. The molecule has 0 aliphatic heterocycles. The van der Waals surface area contributed by atoms with E-state index in [1.165, 1.54) is 4.68 Å². The molecule has 2 N–H and O–H groups in total. The van der Waals surface area contributed by atoms with Gasteiger partial charge in [-0.1, -0.05) is 0 Å². The average molecular weight is 175 g/mol. The van der Waals surface area contributed by atoms with Crippen LogP contribution in [0.3, 0.4) is 0 Å². The Kier molecular flexibility index (Phi) is 2.25. The van der Waals surface area contributed by atoms with E-state index in [1.54, 1.807) is 18.5 Å². The van der Waals surface area contributed by atoms with Gasteiger partial charge in [0.2, 0.25) is 10.0 Å². The third kappa shape index (κ3) is 3.15. The summed E-state index contributed by atoms with van der Waals surface area (Å²) >= 11 is 0. The molecule has 0 aromatic carbocycles. The Labute approximate surface area is 64.9 Å². The van der Waals surface area contributed by atoms with Gasteiger partial charge in [0.15, 0.2) is 0 Å². The second-order valence-corrected chi connectivity index (χ2v) is 3.87. The molecule has 1 rings (SSSR count). The van der Waals surface area contributed by atoms with Crippen LogP contribution in [0.25, 0.3) is 0 Å². The van der Waals surface area contributed by atoms with Crippen molar-refractivity contribution in [3.63, 3.8) is 0 Å². The lowest BCUT2D eigenvalue weighted by Gasteiger charge is -1.97. The average Bonchev–Trinajstić information content (AvgIpc) is 2.32. The molecule has 0 atom stereocenters. The standard InChI is InChI=1S/C5H9N3O2S/c6-11(9,10)5-4-8-3-1-2-7-8/h1-3H,4-5H2,(H2,6,9,10). The zero-order chi connectivity index (χ0) is 8.32. The van der Waals surface area contributed by atoms with Crippen molar-refractivity contribution in [2.45, 2.75) is 6.54 Å². The van der Waals surface area contributed by atoms with Crippen LogP contribution in [0.5, 0.6) is 0 Å². The third-order valence-corrected chi connectivity index (χ3v) is 1.92. The molecule has 0 bridgehead atoms. The topological polar surface area (TPSA) is 78.0 Å². The molecule has 0 unspecified atom stereocenters. The van der Waals surface area contributed by atoms with Gasteiger partial charge >= 0.3 is 0 Å². The Balaban J connectivity index is 2.48. The number of nitrogens with zero attached hydrogens (tertiary/aromatic N) is 2. The lowest BCUT2D eigenvalue weighted by Crippen LogP contribution is -2.20. The molecule has 11 heavy (non-hydrogen) atoms. The maximum atomic E-state index is 10.5. The van der Waals surface area contributed by atoms with Crippen LogP contribution in [0.15, 0.2) is 18.5 Å². The number of hydrogen-bond donors (Lipinski definition) is 1. The molecule has 0 aliphatic carbocycles. The van der Waals surface area contributed by atoms with Gasteiger partial charge in [-0.05, 0) is 6.07 Å². The second kappa shape index (κ2) is 3.02. The highest BCUT2D eigenvalue weighted by atomic mass is 32.2. The molecular weight excluding hydrogens is 166 g/mol. The maximum absolute atomic E-state index is 10.5. The molecule has 0 radical (unpaired) electrons. The zero-order valence-electron chi connectivity index (χ0n) is 5.84. The molecule has 0 amide bonds. The van der Waals surface area contributed by atoms with E-state index in [9.17, 15) is 8.42 Å². The van der Waals surface area contributed by atoms with Crippen molar-refractivity contribution in [2.75, 3.05) is 5.75 Å². The summed E-state index contributed by atoms with van der Waals surface area (Å²) in [7, 11) is -3.36. The Morgan fingerprint density at radius 2 is 2.27 bits per heavy atom. The molecule has 0 saturated carbocycles. The largest absolute Gasteiger partial charge is 0.272 e. The fraction of sp³-hybridized carbons (Fsp3) is 0.400. The number of aromatic nitrogens is 2. The van der Waals surface area contributed by atoms with Gasteiger partial charge in [-0.3, -0.25) is 4.68 Å². The van der Waals surface area contributed by atoms with Crippen LogP contribution in [0.4, 0.5) is 0 Å². The fourth-order valence-electron chi connectivity index (χ4n) is 0.653. The van der Waals surface area contributed by atoms with Gasteiger partial charge < -0.3 is 0 Å². The van der Waals surface area contributed by atoms with Crippen molar-refractivity contribution in [2.24, 2.45) is 5.14 Å². The van der Waals surface area contributed by atoms with Crippen molar-refractivity contribution < 1.29 is 8.42 Å². The van der Waals surface area contributed by atoms with E-state index in [4.69, 9.17) is 5.14 Å². The van der Waals surface area contributed by atoms with E-state index < -0.39 is 10.0 Å². The number of rotatable bonds is 3. The van der Waals surface area contributed by atoms with E-state index in [-0.39, 0.29) is 5.75 Å². The molecule has 0 aliphatic rings. The molecule has 1 aromatic heterocycles. The summed E-state index contributed by atoms with van der Waals surface area (Å²) in [5.74, 6) is -0.0747. The Hall–Kier alpha value is -0.880. The summed E-state index contributed by atoms with van der Waals surface area (Å²) < 4.78 is 22.4. The molecule has 0 fully saturated rings. The van der Waals surface area contributed by atoms with Gasteiger partial charge in [-0.2, -0.15) is 5.10 Å². The SMILES string of the molecule is NS(=O)(=O)CCn1cccn1. The van der Waals surface area contributed by atoms with E-state index >= 15 is 0 Å². The predicted molar refractivity (Wildman–Crippen MR) is 40.2 cm³/mol. The summed E-state index contributed by atoms with van der Waals surface area (Å²) in [4.78, 5) is 0. The van der Waals surface area contributed by atoms with Crippen LogP contribution in [-0.2, 0) is 16.6 Å². The van der Waals surface area contributed by atoms with Gasteiger partial charge in [0.25, 0.3) is 0 Å². The van der Waals surface area contributed by atoms with E-state index in [2.05, 4.69) is 5.10 Å². The minimum absolute atomic E-state index is 0.0747. The third-order valence-electron chi connectivity index (χ3n) is 1.16. The lowest BCUT2D eigenvalue weighted by molar-refractivity contribution is 0.582.